The van der Waals surface area contributed by atoms with Crippen LogP contribution in [0.25, 0.3) is 56.5 Å². The standard InChI is InChI=1S/C35H27IN4.Zn/c1-21-4-6-22(7-5-21)33-29-15-13-26(38-29)19-32-35(2,3)20-27(39-32)18-25-12-14-28(37-25)34(31-17-16-30(33)40-31)23-8-10-24(36)11-9-23;/h4-19H,20H2,1-3H3;/q-2;+2. The molecule has 0 unspecified atom stereocenters. The second kappa shape index (κ2) is 10.8. The Kier molecular flexibility index (Phi) is 7.33. The van der Waals surface area contributed by atoms with Crippen molar-refractivity contribution in [3.8, 4) is 22.3 Å². The molecule has 0 radical (unpaired) electrons. The molecule has 7 rings (SSSR count). The van der Waals surface area contributed by atoms with Gasteiger partial charge < -0.3 is 9.97 Å². The Labute approximate surface area is 266 Å². The van der Waals surface area contributed by atoms with Gasteiger partial charge in [-0.3, -0.25) is 4.98 Å². The second-order valence-corrected chi connectivity index (χ2v) is 12.4. The molecule has 5 heterocycles. The Morgan fingerprint density at radius 2 is 1.22 bits per heavy atom. The van der Waals surface area contributed by atoms with Crippen LogP contribution in [-0.2, 0) is 31.3 Å². The molecule has 4 nitrogen and oxygen atoms in total. The van der Waals surface area contributed by atoms with Gasteiger partial charge in [-0.1, -0.05) is 92.2 Å². The van der Waals surface area contributed by atoms with Gasteiger partial charge in [0.2, 0.25) is 0 Å². The number of halogens is 1. The van der Waals surface area contributed by atoms with Gasteiger partial charge in [0.1, 0.15) is 0 Å². The van der Waals surface area contributed by atoms with Crippen molar-refractivity contribution in [2.75, 3.05) is 0 Å². The summed E-state index contributed by atoms with van der Waals surface area (Å²) in [6.07, 6.45) is 5.07. The number of benzene rings is 2. The summed E-state index contributed by atoms with van der Waals surface area (Å²) in [4.78, 5) is 20.4. The number of aromatic nitrogens is 4. The summed E-state index contributed by atoms with van der Waals surface area (Å²) in [5, 5.41) is 0. The van der Waals surface area contributed by atoms with E-state index >= 15 is 0 Å². The first-order valence-corrected chi connectivity index (χ1v) is 14.5. The van der Waals surface area contributed by atoms with Gasteiger partial charge in [0.15, 0.2) is 0 Å². The molecule has 3 aromatic heterocycles. The van der Waals surface area contributed by atoms with Crippen molar-refractivity contribution < 1.29 is 19.5 Å². The molecule has 0 saturated heterocycles. The molecule has 196 valence electrons. The maximum Gasteiger partial charge on any atom is 2.00 e. The number of nitrogens with zero attached hydrogens (tertiary/aromatic N) is 4. The molecule has 6 heteroatoms. The maximum atomic E-state index is 5.23. The first kappa shape index (κ1) is 27.8. The zero-order valence-electron chi connectivity index (χ0n) is 23.3. The summed E-state index contributed by atoms with van der Waals surface area (Å²) < 4.78 is 1.19. The largest absolute Gasteiger partial charge is 2.00 e. The van der Waals surface area contributed by atoms with Crippen molar-refractivity contribution in [2.24, 2.45) is 0 Å². The van der Waals surface area contributed by atoms with Crippen LogP contribution in [0.3, 0.4) is 0 Å². The summed E-state index contributed by atoms with van der Waals surface area (Å²) in [6, 6.07) is 29.8. The minimum atomic E-state index is -0.0853. The fourth-order valence-electron chi connectivity index (χ4n) is 5.54. The van der Waals surface area contributed by atoms with Gasteiger partial charge in [0.25, 0.3) is 0 Å². The van der Waals surface area contributed by atoms with Crippen molar-refractivity contribution in [2.45, 2.75) is 32.6 Å². The van der Waals surface area contributed by atoms with Crippen molar-refractivity contribution >= 4 is 56.8 Å². The van der Waals surface area contributed by atoms with Crippen LogP contribution in [-0.4, -0.2) is 9.97 Å². The van der Waals surface area contributed by atoms with Crippen LogP contribution in [0.15, 0.2) is 84.9 Å². The fourth-order valence-corrected chi connectivity index (χ4v) is 5.90. The third kappa shape index (κ3) is 5.36. The molecule has 0 amide bonds. The smallest absolute Gasteiger partial charge is 0.657 e. The monoisotopic (exact) mass is 694 g/mol. The number of hydrogen-bond acceptors (Lipinski definition) is 2. The predicted molar refractivity (Wildman–Crippen MR) is 173 cm³/mol. The molecule has 0 saturated carbocycles. The fraction of sp³-hybridized carbons (Fsp3) is 0.143. The van der Waals surface area contributed by atoms with Crippen LogP contribution in [0.4, 0.5) is 0 Å². The molecule has 0 fully saturated rings. The minimum Gasteiger partial charge on any atom is -0.657 e. The average molecular weight is 696 g/mol. The van der Waals surface area contributed by atoms with Crippen molar-refractivity contribution in [1.82, 2.24) is 19.9 Å². The number of rotatable bonds is 2. The molecule has 8 bridgehead atoms. The van der Waals surface area contributed by atoms with Crippen LogP contribution < -0.4 is 9.97 Å². The molecular formula is C35H27IN4Zn. The van der Waals surface area contributed by atoms with Crippen molar-refractivity contribution in [3.05, 3.63) is 117 Å². The topological polar surface area (TPSA) is 54.0 Å². The number of fused-ring (bicyclic) bond motifs is 8. The van der Waals surface area contributed by atoms with Gasteiger partial charge in [0.05, 0.1) is 11.4 Å². The van der Waals surface area contributed by atoms with Crippen LogP contribution in [0.2, 0.25) is 0 Å². The summed E-state index contributed by atoms with van der Waals surface area (Å²) in [5.74, 6) is 0. The van der Waals surface area contributed by atoms with E-state index < -0.39 is 0 Å². The van der Waals surface area contributed by atoms with E-state index in [9.17, 15) is 0 Å². The van der Waals surface area contributed by atoms with Crippen LogP contribution in [0.1, 0.15) is 42.2 Å². The van der Waals surface area contributed by atoms with E-state index in [1.165, 1.54) is 9.13 Å². The summed E-state index contributed by atoms with van der Waals surface area (Å²) in [5.41, 5.74) is 12.8. The third-order valence-electron chi connectivity index (χ3n) is 7.64. The summed E-state index contributed by atoms with van der Waals surface area (Å²) in [7, 11) is 0. The molecule has 2 aliphatic rings. The summed E-state index contributed by atoms with van der Waals surface area (Å²) >= 11 is 2.34. The number of hydrogen-bond donors (Lipinski definition) is 0. The quantitative estimate of drug-likeness (QED) is 0.135. The second-order valence-electron chi connectivity index (χ2n) is 11.2. The molecule has 2 aliphatic heterocycles. The molecule has 41 heavy (non-hydrogen) atoms. The first-order chi connectivity index (χ1) is 19.3. The predicted octanol–water partition coefficient (Wildman–Crippen LogP) is 8.51. The molecule has 0 atom stereocenters. The molecule has 0 aliphatic carbocycles. The number of aryl methyl sites for hydroxylation is 1. The Morgan fingerprint density at radius 1 is 0.683 bits per heavy atom. The van der Waals surface area contributed by atoms with Crippen molar-refractivity contribution in [1.29, 1.82) is 0 Å². The van der Waals surface area contributed by atoms with Gasteiger partial charge >= 0.3 is 19.5 Å². The van der Waals surface area contributed by atoms with Crippen molar-refractivity contribution in [3.63, 3.8) is 0 Å². The van der Waals surface area contributed by atoms with Gasteiger partial charge in [-0.05, 0) is 76.1 Å². The zero-order valence-corrected chi connectivity index (χ0v) is 28.4. The summed E-state index contributed by atoms with van der Waals surface area (Å²) in [6.45, 7) is 6.59. The van der Waals surface area contributed by atoms with Gasteiger partial charge in [-0.15, -0.1) is 22.1 Å². The SMILES string of the molecule is Cc1ccc(-c2c3nc(c(-c4ccc(I)cc4)c4ccc(cc5nc(cc6ccc2[n-]6)C(C)(C)C5)[n-]4)C=C3)cc1.[Zn+2]. The zero-order chi connectivity index (χ0) is 27.4. The molecule has 0 N–H and O–H groups in total. The Balaban J connectivity index is 0.00000302. The Bertz CT molecular complexity index is 1960. The van der Waals surface area contributed by atoms with Crippen LogP contribution in [0.5, 0.6) is 0 Å². The van der Waals surface area contributed by atoms with E-state index in [0.717, 1.165) is 73.5 Å². The third-order valence-corrected chi connectivity index (χ3v) is 8.36. The first-order valence-electron chi connectivity index (χ1n) is 13.5. The van der Waals surface area contributed by atoms with E-state index in [-0.39, 0.29) is 24.9 Å². The normalized spacial score (nSPS) is 13.7. The average Bonchev–Trinajstić information content (AvgIpc) is 3.72. The van der Waals surface area contributed by atoms with E-state index in [1.54, 1.807) is 0 Å². The molecule has 2 aromatic carbocycles. The van der Waals surface area contributed by atoms with Gasteiger partial charge in [-0.25, -0.2) is 4.98 Å². The van der Waals surface area contributed by atoms with E-state index in [4.69, 9.17) is 19.9 Å². The Morgan fingerprint density at radius 3 is 1.80 bits per heavy atom. The van der Waals surface area contributed by atoms with E-state index in [0.29, 0.717) is 0 Å². The van der Waals surface area contributed by atoms with E-state index in [2.05, 4.69) is 140 Å². The molecule has 5 aromatic rings. The van der Waals surface area contributed by atoms with Gasteiger partial charge in [-0.2, -0.15) is 0 Å². The van der Waals surface area contributed by atoms with Gasteiger partial charge in [0, 0.05) is 26.8 Å². The molecule has 0 spiro atoms. The maximum absolute atomic E-state index is 5.23. The van der Waals surface area contributed by atoms with E-state index in [1.807, 2.05) is 0 Å². The van der Waals surface area contributed by atoms with Crippen LogP contribution in [0, 0.1) is 10.5 Å². The molecular weight excluding hydrogens is 669 g/mol. The Hall–Kier alpha value is -3.35. The van der Waals surface area contributed by atoms with Crippen LogP contribution >= 0.6 is 22.6 Å². The minimum absolute atomic E-state index is 0.